The lowest BCUT2D eigenvalue weighted by atomic mass is 10.1. The van der Waals surface area contributed by atoms with Crippen molar-refractivity contribution >= 4 is 11.8 Å². The lowest BCUT2D eigenvalue weighted by molar-refractivity contribution is -0.120. The van der Waals surface area contributed by atoms with Crippen LogP contribution in [-0.2, 0) is 4.79 Å². The zero-order chi connectivity index (χ0) is 17.5. The molecule has 1 aliphatic rings. The smallest absolute Gasteiger partial charge is 0.251 e. The van der Waals surface area contributed by atoms with Crippen LogP contribution in [0.2, 0.25) is 0 Å². The summed E-state index contributed by atoms with van der Waals surface area (Å²) in [5, 5.41) is 5.44. The lowest BCUT2D eigenvalue weighted by Crippen LogP contribution is -2.37. The first-order valence-corrected chi connectivity index (χ1v) is 8.38. The molecule has 1 aliphatic carbocycles. The van der Waals surface area contributed by atoms with Crippen molar-refractivity contribution in [3.05, 3.63) is 23.8 Å². The minimum absolute atomic E-state index is 0.0235. The summed E-state index contributed by atoms with van der Waals surface area (Å²) < 4.78 is 11.0. The molecule has 0 unspecified atom stereocenters. The molecule has 0 aromatic heterocycles. The average Bonchev–Trinajstić information content (AvgIpc) is 3.36. The monoisotopic (exact) mass is 334 g/mol. The summed E-state index contributed by atoms with van der Waals surface area (Å²) in [5.41, 5.74) is 0.433. The van der Waals surface area contributed by atoms with E-state index in [2.05, 4.69) is 24.5 Å². The lowest BCUT2D eigenvalue weighted by Gasteiger charge is -2.13. The molecular formula is C18H26N2O4. The molecule has 0 spiro atoms. The van der Waals surface area contributed by atoms with Gasteiger partial charge in [0.1, 0.15) is 0 Å². The summed E-state index contributed by atoms with van der Waals surface area (Å²) in [6, 6.07) is 5.30. The molecule has 1 saturated carbocycles. The second-order valence-electron chi connectivity index (χ2n) is 6.42. The van der Waals surface area contributed by atoms with Crippen LogP contribution >= 0.6 is 0 Å². The second kappa shape index (κ2) is 8.57. The van der Waals surface area contributed by atoms with Crippen LogP contribution in [0.15, 0.2) is 18.2 Å². The number of ether oxygens (including phenoxy) is 2. The predicted molar refractivity (Wildman–Crippen MR) is 91.4 cm³/mol. The number of benzene rings is 1. The summed E-state index contributed by atoms with van der Waals surface area (Å²) >= 11 is 0. The number of rotatable bonds is 9. The van der Waals surface area contributed by atoms with E-state index in [1.165, 1.54) is 7.11 Å². The molecule has 132 valence electrons. The highest BCUT2D eigenvalue weighted by Crippen LogP contribution is 2.28. The van der Waals surface area contributed by atoms with Crippen LogP contribution in [0.1, 0.15) is 43.5 Å². The molecule has 0 bridgehead atoms. The fourth-order valence-electron chi connectivity index (χ4n) is 2.10. The number of carbonyl (C=O) groups is 2. The summed E-state index contributed by atoms with van der Waals surface area (Å²) in [4.78, 5) is 23.8. The Morgan fingerprint density at radius 2 is 2.00 bits per heavy atom. The largest absolute Gasteiger partial charge is 0.493 e. The second-order valence-corrected chi connectivity index (χ2v) is 6.42. The molecule has 0 aliphatic heterocycles. The first-order chi connectivity index (χ1) is 11.5. The van der Waals surface area contributed by atoms with Gasteiger partial charge < -0.3 is 20.1 Å². The van der Waals surface area contributed by atoms with E-state index in [-0.39, 0.29) is 24.4 Å². The molecule has 2 amide bonds. The predicted octanol–water partition coefficient (Wildman–Crippen LogP) is 2.13. The number of carbonyl (C=O) groups excluding carboxylic acids is 2. The molecule has 1 aromatic rings. The van der Waals surface area contributed by atoms with Gasteiger partial charge in [0.2, 0.25) is 5.91 Å². The molecule has 6 nitrogen and oxygen atoms in total. The Morgan fingerprint density at radius 3 is 2.62 bits per heavy atom. The average molecular weight is 334 g/mol. The van der Waals surface area contributed by atoms with Crippen LogP contribution in [0, 0.1) is 5.92 Å². The van der Waals surface area contributed by atoms with Gasteiger partial charge in [-0.3, -0.25) is 9.59 Å². The van der Waals surface area contributed by atoms with Crippen LogP contribution < -0.4 is 20.1 Å². The van der Waals surface area contributed by atoms with Crippen LogP contribution in [0.4, 0.5) is 0 Å². The highest BCUT2D eigenvalue weighted by molar-refractivity contribution is 5.97. The van der Waals surface area contributed by atoms with Gasteiger partial charge in [-0.1, -0.05) is 13.8 Å². The van der Waals surface area contributed by atoms with Gasteiger partial charge in [-0.2, -0.15) is 0 Å². The zero-order valence-corrected chi connectivity index (χ0v) is 14.6. The zero-order valence-electron chi connectivity index (χ0n) is 14.6. The minimum atomic E-state index is -0.312. The standard InChI is InChI=1S/C18H26N2O4/c1-12(2)8-9-24-15-7-4-13(10-16(15)23-3)18(22)19-11-17(21)20-14-5-6-14/h4,7,10,12,14H,5-6,8-9,11H2,1-3H3,(H,19,22)(H,20,21). The number of hydrogen-bond acceptors (Lipinski definition) is 4. The summed E-state index contributed by atoms with van der Waals surface area (Å²) in [7, 11) is 1.54. The number of hydrogen-bond donors (Lipinski definition) is 2. The van der Waals surface area contributed by atoms with Gasteiger partial charge in [-0.05, 0) is 43.4 Å². The molecule has 2 N–H and O–H groups in total. The maximum atomic E-state index is 12.1. The Bertz CT molecular complexity index is 582. The van der Waals surface area contributed by atoms with Gasteiger partial charge in [-0.25, -0.2) is 0 Å². The van der Waals surface area contributed by atoms with E-state index in [0.29, 0.717) is 29.6 Å². The van der Waals surface area contributed by atoms with Gasteiger partial charge in [-0.15, -0.1) is 0 Å². The van der Waals surface area contributed by atoms with E-state index in [0.717, 1.165) is 19.3 Å². The molecule has 1 aromatic carbocycles. The number of nitrogens with one attached hydrogen (secondary N) is 2. The Labute approximate surface area is 142 Å². The van der Waals surface area contributed by atoms with Crippen molar-refractivity contribution < 1.29 is 19.1 Å². The van der Waals surface area contributed by atoms with Crippen molar-refractivity contribution in [1.29, 1.82) is 0 Å². The Morgan fingerprint density at radius 1 is 1.25 bits per heavy atom. The number of amides is 2. The Hall–Kier alpha value is -2.24. The molecule has 0 radical (unpaired) electrons. The van der Waals surface area contributed by atoms with Crippen molar-refractivity contribution in [1.82, 2.24) is 10.6 Å². The normalized spacial score (nSPS) is 13.5. The fraction of sp³-hybridized carbons (Fsp3) is 0.556. The molecule has 1 fully saturated rings. The molecule has 2 rings (SSSR count). The van der Waals surface area contributed by atoms with E-state index in [1.807, 2.05) is 0 Å². The van der Waals surface area contributed by atoms with Crippen LogP contribution in [0.3, 0.4) is 0 Å². The van der Waals surface area contributed by atoms with Gasteiger partial charge in [0.15, 0.2) is 11.5 Å². The number of methoxy groups -OCH3 is 1. The maximum absolute atomic E-state index is 12.1. The minimum Gasteiger partial charge on any atom is -0.493 e. The maximum Gasteiger partial charge on any atom is 0.251 e. The summed E-state index contributed by atoms with van der Waals surface area (Å²) in [6.07, 6.45) is 2.99. The van der Waals surface area contributed by atoms with Gasteiger partial charge >= 0.3 is 0 Å². The van der Waals surface area contributed by atoms with Crippen molar-refractivity contribution in [2.45, 2.75) is 39.2 Å². The van der Waals surface area contributed by atoms with E-state index in [4.69, 9.17) is 9.47 Å². The van der Waals surface area contributed by atoms with E-state index in [1.54, 1.807) is 18.2 Å². The Kier molecular flexibility index (Phi) is 6.46. The highest BCUT2D eigenvalue weighted by Gasteiger charge is 2.23. The van der Waals surface area contributed by atoms with E-state index >= 15 is 0 Å². The molecular weight excluding hydrogens is 308 g/mol. The van der Waals surface area contributed by atoms with Crippen molar-refractivity contribution in [2.24, 2.45) is 5.92 Å². The molecule has 6 heteroatoms. The fourth-order valence-corrected chi connectivity index (χ4v) is 2.10. The third-order valence-corrected chi connectivity index (χ3v) is 3.73. The van der Waals surface area contributed by atoms with Crippen LogP contribution in [0.25, 0.3) is 0 Å². The SMILES string of the molecule is COc1cc(C(=O)NCC(=O)NC2CC2)ccc1OCCC(C)C. The molecule has 0 atom stereocenters. The van der Waals surface area contributed by atoms with E-state index in [9.17, 15) is 9.59 Å². The Balaban J connectivity index is 1.89. The van der Waals surface area contributed by atoms with Crippen LogP contribution in [-0.4, -0.2) is 38.1 Å². The summed E-state index contributed by atoms with van der Waals surface area (Å²) in [6.45, 7) is 4.84. The van der Waals surface area contributed by atoms with Crippen molar-refractivity contribution in [2.75, 3.05) is 20.3 Å². The third-order valence-electron chi connectivity index (χ3n) is 3.73. The van der Waals surface area contributed by atoms with Gasteiger partial charge in [0.25, 0.3) is 5.91 Å². The topological polar surface area (TPSA) is 76.7 Å². The third kappa shape index (κ3) is 5.76. The first kappa shape index (κ1) is 18.1. The summed E-state index contributed by atoms with van der Waals surface area (Å²) in [5.74, 6) is 1.21. The van der Waals surface area contributed by atoms with Gasteiger partial charge in [0.05, 0.1) is 20.3 Å². The van der Waals surface area contributed by atoms with Crippen LogP contribution in [0.5, 0.6) is 11.5 Å². The van der Waals surface area contributed by atoms with Crippen molar-refractivity contribution in [3.63, 3.8) is 0 Å². The van der Waals surface area contributed by atoms with E-state index < -0.39 is 0 Å². The first-order valence-electron chi connectivity index (χ1n) is 8.38. The molecule has 24 heavy (non-hydrogen) atoms. The molecule has 0 saturated heterocycles. The highest BCUT2D eigenvalue weighted by atomic mass is 16.5. The van der Waals surface area contributed by atoms with Crippen molar-refractivity contribution in [3.8, 4) is 11.5 Å². The van der Waals surface area contributed by atoms with Gasteiger partial charge in [0, 0.05) is 11.6 Å². The molecule has 0 heterocycles. The quantitative estimate of drug-likeness (QED) is 0.725.